The van der Waals surface area contributed by atoms with Crippen molar-refractivity contribution in [3.05, 3.63) is 42.6 Å². The molecule has 0 aliphatic carbocycles. The van der Waals surface area contributed by atoms with Gasteiger partial charge in [-0.05, 0) is 59.1 Å². The lowest BCUT2D eigenvalue weighted by atomic mass is 9.73. The summed E-state index contributed by atoms with van der Waals surface area (Å²) in [6.07, 6.45) is 0.611. The second-order valence-electron chi connectivity index (χ2n) is 16.4. The van der Waals surface area contributed by atoms with Crippen LogP contribution in [0.15, 0.2) is 42.6 Å². The van der Waals surface area contributed by atoms with Crippen molar-refractivity contribution in [2.45, 2.75) is 135 Å². The van der Waals surface area contributed by atoms with E-state index in [0.717, 1.165) is 5.56 Å². The number of nitrogens with zero attached hydrogens (tertiary/aromatic N) is 4. The number of nitrogens with two attached hydrogens (primary N) is 2. The number of methoxy groups -OCH3 is 1. The van der Waals surface area contributed by atoms with Crippen LogP contribution in [0.3, 0.4) is 0 Å². The first kappa shape index (κ1) is 43.9. The van der Waals surface area contributed by atoms with E-state index in [-0.39, 0.29) is 31.3 Å². The van der Waals surface area contributed by atoms with Gasteiger partial charge >= 0.3 is 12.1 Å². The Bertz CT molecular complexity index is 1800. The van der Waals surface area contributed by atoms with Crippen molar-refractivity contribution in [1.29, 1.82) is 0 Å². The number of fused-ring (bicyclic) bond motifs is 1. The van der Waals surface area contributed by atoms with Crippen LogP contribution in [0, 0.1) is 23.7 Å². The summed E-state index contributed by atoms with van der Waals surface area (Å²) in [4.78, 5) is 57.9. The number of anilines is 1. The summed E-state index contributed by atoms with van der Waals surface area (Å²) in [5.41, 5.74) is 11.5. The number of esters is 1. The van der Waals surface area contributed by atoms with Crippen LogP contribution < -0.4 is 11.5 Å². The zero-order valence-corrected chi connectivity index (χ0v) is 34.5. The fraction of sp³-hybridized carbons (Fsp3) is 0.659. The Morgan fingerprint density at radius 1 is 1.04 bits per heavy atom. The number of Topliss-reactive ketones (excluding diaryl/α,β-unsaturated/α-hetero) is 2. The molecule has 3 aliphatic heterocycles. The minimum Gasteiger partial charge on any atom is -0.458 e. The van der Waals surface area contributed by atoms with Crippen molar-refractivity contribution in [3.63, 3.8) is 0 Å². The Balaban J connectivity index is 1.45. The number of allylic oxidation sites excluding steroid dienone is 1. The molecule has 1 aromatic carbocycles. The molecule has 0 saturated carbocycles. The number of hydrogen-bond donors (Lipinski definition) is 3. The molecular formula is C41H60N6O10. The van der Waals surface area contributed by atoms with Gasteiger partial charge in [-0.1, -0.05) is 57.2 Å². The summed E-state index contributed by atoms with van der Waals surface area (Å²) < 4.78 is 32.3. The summed E-state index contributed by atoms with van der Waals surface area (Å²) >= 11 is 0. The zero-order valence-electron chi connectivity index (χ0n) is 34.5. The Kier molecular flexibility index (Phi) is 13.7. The third-order valence-corrected chi connectivity index (χ3v) is 12.1. The molecule has 13 atom stereocenters. The van der Waals surface area contributed by atoms with E-state index in [1.807, 2.05) is 31.2 Å². The normalized spacial score (nSPS) is 37.2. The van der Waals surface area contributed by atoms with Gasteiger partial charge in [0.15, 0.2) is 17.7 Å². The molecule has 3 saturated heterocycles. The molecule has 4 heterocycles. The highest BCUT2D eigenvalue weighted by Crippen LogP contribution is 2.43. The first-order chi connectivity index (χ1) is 26.8. The predicted octanol–water partition coefficient (Wildman–Crippen LogP) is 3.68. The fourth-order valence-electron chi connectivity index (χ4n) is 8.80. The Hall–Kier alpha value is -4.22. The standard InChI is InChI=1S/C41H60N6O10/c1-10-31-41(8)35(47(39(52)57-41)17-12-11-16-46-21-30(44-45-46)27-14-13-15-28(42)19-27)24(4)32(48)22(2)20-40(7,53-9)36(25(5)33(49)26(6)37(51)55-31)56-38-34(50)29(43)18-23(3)54-38/h11-15,19,21-26,29,31,34-36,38,50H,10,16-18,20,42-43H2,1-9H3/b12-11-/t22-,23-,24+,25+,26-,29?,31-,34?,35-,36-,38+,40-,41-/m1/s1. The molecule has 0 spiro atoms. The minimum atomic E-state index is -1.46. The molecule has 1 aromatic heterocycles. The number of carbonyl (C=O) groups is 4. The summed E-state index contributed by atoms with van der Waals surface area (Å²) in [7, 11) is 1.46. The van der Waals surface area contributed by atoms with E-state index in [4.69, 9.17) is 35.2 Å². The highest BCUT2D eigenvalue weighted by molar-refractivity contribution is 6.00. The van der Waals surface area contributed by atoms with Crippen molar-refractivity contribution in [3.8, 4) is 11.3 Å². The Morgan fingerprint density at radius 2 is 1.74 bits per heavy atom. The van der Waals surface area contributed by atoms with Crippen LogP contribution in [0.2, 0.25) is 0 Å². The minimum absolute atomic E-state index is 0.0780. The number of rotatable bonds is 9. The molecule has 0 radical (unpaired) electrons. The molecule has 57 heavy (non-hydrogen) atoms. The smallest absolute Gasteiger partial charge is 0.411 e. The maximum atomic E-state index is 14.6. The number of aromatic nitrogens is 3. The van der Waals surface area contributed by atoms with Gasteiger partial charge in [-0.25, -0.2) is 9.48 Å². The number of carbonyl (C=O) groups excluding carboxylic acids is 4. The predicted molar refractivity (Wildman–Crippen MR) is 209 cm³/mol. The third kappa shape index (κ3) is 9.09. The number of ether oxygens (including phenoxy) is 5. The quantitative estimate of drug-likeness (QED) is 0.143. The SMILES string of the molecule is CC[C@H]1OC(=O)[C@H](C)C(=O)[C@H](C)[C@@H](O[C@@H]2O[C@H](C)CC(N)C2O)[C@](C)(OC)C[C@@H](C)C(=O)[C@H](C)[C@H]2N(C/C=C\Cn3cc(-c4cccc(N)c4)nn3)C(=O)O[C@]12C. The highest BCUT2D eigenvalue weighted by Gasteiger charge is 2.60. The van der Waals surface area contributed by atoms with E-state index in [9.17, 15) is 24.3 Å². The summed E-state index contributed by atoms with van der Waals surface area (Å²) in [6, 6.07) is 5.82. The number of cyclic esters (lactones) is 1. The van der Waals surface area contributed by atoms with Crippen LogP contribution in [0.1, 0.15) is 74.7 Å². The van der Waals surface area contributed by atoms with E-state index in [1.54, 1.807) is 64.6 Å². The first-order valence-corrected chi connectivity index (χ1v) is 19.8. The van der Waals surface area contributed by atoms with E-state index in [1.165, 1.54) is 18.9 Å². The lowest BCUT2D eigenvalue weighted by Crippen LogP contribution is -2.60. The van der Waals surface area contributed by atoms with Gasteiger partial charge in [0.1, 0.15) is 29.6 Å². The molecule has 16 nitrogen and oxygen atoms in total. The molecule has 3 aliphatic rings. The van der Waals surface area contributed by atoms with Crippen LogP contribution in [0.5, 0.6) is 0 Å². The molecule has 2 unspecified atom stereocenters. The fourth-order valence-corrected chi connectivity index (χ4v) is 8.80. The van der Waals surface area contributed by atoms with E-state index < -0.39 is 89.4 Å². The van der Waals surface area contributed by atoms with Crippen LogP contribution in [-0.4, -0.2) is 116 Å². The summed E-state index contributed by atoms with van der Waals surface area (Å²) in [5.74, 6) is -5.25. The van der Waals surface area contributed by atoms with Gasteiger partial charge in [-0.2, -0.15) is 0 Å². The number of nitrogen functional groups attached to an aromatic ring is 1. The molecule has 16 heteroatoms. The van der Waals surface area contributed by atoms with Gasteiger partial charge in [0, 0.05) is 48.7 Å². The largest absolute Gasteiger partial charge is 0.458 e. The number of benzene rings is 1. The Labute approximate surface area is 334 Å². The molecule has 5 rings (SSSR count). The zero-order chi connectivity index (χ0) is 42.0. The maximum absolute atomic E-state index is 14.6. The molecular weight excluding hydrogens is 736 g/mol. The molecule has 314 valence electrons. The average Bonchev–Trinajstić information content (AvgIpc) is 3.75. The number of hydrogen-bond acceptors (Lipinski definition) is 14. The average molecular weight is 797 g/mol. The van der Waals surface area contributed by atoms with E-state index in [0.29, 0.717) is 24.3 Å². The second kappa shape index (κ2) is 17.7. The van der Waals surface area contributed by atoms with Gasteiger partial charge in [0.25, 0.3) is 0 Å². The highest BCUT2D eigenvalue weighted by atomic mass is 16.7. The van der Waals surface area contributed by atoms with Crippen LogP contribution >= 0.6 is 0 Å². The third-order valence-electron chi connectivity index (χ3n) is 12.1. The van der Waals surface area contributed by atoms with Crippen molar-refractivity contribution < 1.29 is 48.0 Å². The maximum Gasteiger partial charge on any atom is 0.411 e. The van der Waals surface area contributed by atoms with Crippen molar-refractivity contribution >= 4 is 29.3 Å². The van der Waals surface area contributed by atoms with E-state index >= 15 is 0 Å². The van der Waals surface area contributed by atoms with Crippen molar-refractivity contribution in [1.82, 2.24) is 19.9 Å². The monoisotopic (exact) mass is 796 g/mol. The lowest BCUT2D eigenvalue weighted by molar-refractivity contribution is -0.288. The van der Waals surface area contributed by atoms with Crippen molar-refractivity contribution in [2.24, 2.45) is 29.4 Å². The first-order valence-electron chi connectivity index (χ1n) is 19.8. The number of amides is 1. The lowest BCUT2D eigenvalue weighted by Gasteiger charge is -2.46. The van der Waals surface area contributed by atoms with Gasteiger partial charge in [-0.15, -0.1) is 5.10 Å². The molecule has 1 amide bonds. The second-order valence-corrected chi connectivity index (χ2v) is 16.4. The summed E-state index contributed by atoms with van der Waals surface area (Å²) in [5, 5.41) is 19.4. The van der Waals surface area contributed by atoms with Crippen LogP contribution in [0.25, 0.3) is 11.3 Å². The van der Waals surface area contributed by atoms with E-state index in [2.05, 4.69) is 10.3 Å². The number of ketones is 2. The van der Waals surface area contributed by atoms with Crippen LogP contribution in [0.4, 0.5) is 10.5 Å². The van der Waals surface area contributed by atoms with Gasteiger partial charge in [-0.3, -0.25) is 19.3 Å². The van der Waals surface area contributed by atoms with Gasteiger partial charge < -0.3 is 40.3 Å². The Morgan fingerprint density at radius 3 is 2.40 bits per heavy atom. The number of aliphatic hydroxyl groups is 1. The van der Waals surface area contributed by atoms with Gasteiger partial charge in [0.2, 0.25) is 0 Å². The molecule has 2 aromatic rings. The molecule has 5 N–H and O–H groups in total. The summed E-state index contributed by atoms with van der Waals surface area (Å²) in [6.45, 7) is 14.0. The number of aliphatic hydroxyl groups excluding tert-OH is 1. The van der Waals surface area contributed by atoms with Crippen LogP contribution in [-0.2, 0) is 44.6 Å². The van der Waals surface area contributed by atoms with Gasteiger partial charge in [0.05, 0.1) is 36.6 Å². The van der Waals surface area contributed by atoms with Crippen molar-refractivity contribution in [2.75, 3.05) is 19.4 Å². The molecule has 3 fully saturated rings. The topological polar surface area (TPSA) is 221 Å². The molecule has 0 bridgehead atoms.